The van der Waals surface area contributed by atoms with Gasteiger partial charge in [0.15, 0.2) is 0 Å². The van der Waals surface area contributed by atoms with Crippen molar-refractivity contribution in [2.45, 2.75) is 97.8 Å². The molecule has 0 unspecified atom stereocenters. The van der Waals surface area contributed by atoms with Gasteiger partial charge < -0.3 is 5.32 Å². The first kappa shape index (κ1) is 24.7. The summed E-state index contributed by atoms with van der Waals surface area (Å²) in [5.74, 6) is 0.721. The van der Waals surface area contributed by atoms with Crippen LogP contribution in [0.15, 0.2) is 36.5 Å². The van der Waals surface area contributed by atoms with Gasteiger partial charge in [-0.1, -0.05) is 76.8 Å². The van der Waals surface area contributed by atoms with Crippen LogP contribution in [0.2, 0.25) is 0 Å². The lowest BCUT2D eigenvalue weighted by atomic mass is 10.1. The highest BCUT2D eigenvalue weighted by molar-refractivity contribution is 5.87. The van der Waals surface area contributed by atoms with Gasteiger partial charge in [0, 0.05) is 12.6 Å². The van der Waals surface area contributed by atoms with Crippen LogP contribution in [-0.4, -0.2) is 12.5 Å². The molecule has 0 aromatic carbocycles. The zero-order valence-electron chi connectivity index (χ0n) is 17.6. The Morgan fingerprint density at radius 1 is 0.808 bits per heavy atom. The van der Waals surface area contributed by atoms with Crippen molar-refractivity contribution >= 4 is 5.91 Å². The Morgan fingerprint density at radius 3 is 2.04 bits per heavy atom. The number of carbonyl (C=O) groups excluding carboxylic acids is 1. The van der Waals surface area contributed by atoms with Gasteiger partial charge in [0.2, 0.25) is 5.91 Å². The summed E-state index contributed by atoms with van der Waals surface area (Å²) < 4.78 is 0. The van der Waals surface area contributed by atoms with Gasteiger partial charge in [0.05, 0.1) is 0 Å². The summed E-state index contributed by atoms with van der Waals surface area (Å²) in [4.78, 5) is 11.6. The Morgan fingerprint density at radius 2 is 1.42 bits per heavy atom. The summed E-state index contributed by atoms with van der Waals surface area (Å²) in [5.41, 5.74) is 0. The molecule has 0 aromatic rings. The molecule has 0 rings (SSSR count). The van der Waals surface area contributed by atoms with Gasteiger partial charge in [-0.05, 0) is 57.3 Å². The van der Waals surface area contributed by atoms with Crippen LogP contribution in [0, 0.1) is 5.92 Å². The summed E-state index contributed by atoms with van der Waals surface area (Å²) >= 11 is 0. The van der Waals surface area contributed by atoms with E-state index in [1.54, 1.807) is 6.08 Å². The molecule has 0 fully saturated rings. The van der Waals surface area contributed by atoms with Crippen molar-refractivity contribution in [2.75, 3.05) is 6.54 Å². The lowest BCUT2D eigenvalue weighted by Gasteiger charge is -2.04. The maximum Gasteiger partial charge on any atom is 0.243 e. The molecule has 0 spiro atoms. The topological polar surface area (TPSA) is 29.1 Å². The minimum Gasteiger partial charge on any atom is -0.353 e. The largest absolute Gasteiger partial charge is 0.353 e. The van der Waals surface area contributed by atoms with E-state index in [2.05, 4.69) is 44.3 Å². The first-order chi connectivity index (χ1) is 12.7. The van der Waals surface area contributed by atoms with E-state index in [4.69, 9.17) is 0 Å². The van der Waals surface area contributed by atoms with Gasteiger partial charge in [-0.25, -0.2) is 0 Å². The Balaban J connectivity index is 3.40. The van der Waals surface area contributed by atoms with E-state index in [1.807, 2.05) is 12.2 Å². The van der Waals surface area contributed by atoms with Gasteiger partial charge in [-0.15, -0.1) is 0 Å². The minimum absolute atomic E-state index is 0.0150. The molecule has 0 radical (unpaired) electrons. The molecule has 0 heterocycles. The van der Waals surface area contributed by atoms with E-state index in [-0.39, 0.29) is 5.91 Å². The molecule has 150 valence electrons. The number of allylic oxidation sites excluding steroid dienone is 5. The molecule has 1 amide bonds. The third kappa shape index (κ3) is 20.7. The fourth-order valence-corrected chi connectivity index (χ4v) is 2.72. The van der Waals surface area contributed by atoms with Crippen molar-refractivity contribution in [1.82, 2.24) is 5.32 Å². The highest BCUT2D eigenvalue weighted by Crippen LogP contribution is 2.07. The zero-order valence-corrected chi connectivity index (χ0v) is 17.6. The van der Waals surface area contributed by atoms with Gasteiger partial charge in [0.25, 0.3) is 0 Å². The van der Waals surface area contributed by atoms with Crippen LogP contribution < -0.4 is 5.32 Å². The first-order valence-corrected chi connectivity index (χ1v) is 10.9. The van der Waals surface area contributed by atoms with E-state index in [9.17, 15) is 4.79 Å². The van der Waals surface area contributed by atoms with Crippen LogP contribution in [0.3, 0.4) is 0 Å². The quantitative estimate of drug-likeness (QED) is 0.127. The molecule has 0 saturated heterocycles. The lowest BCUT2D eigenvalue weighted by Crippen LogP contribution is -2.22. The minimum atomic E-state index is 0.0150. The average Bonchev–Trinajstić information content (AvgIpc) is 2.62. The molecule has 0 saturated carbocycles. The third-order valence-electron chi connectivity index (χ3n) is 4.38. The average molecular weight is 362 g/mol. The summed E-state index contributed by atoms with van der Waals surface area (Å²) in [7, 11) is 0. The van der Waals surface area contributed by atoms with E-state index in [0.717, 1.165) is 19.4 Å². The van der Waals surface area contributed by atoms with Crippen molar-refractivity contribution in [3.8, 4) is 0 Å². The highest BCUT2D eigenvalue weighted by atomic mass is 16.1. The van der Waals surface area contributed by atoms with Crippen molar-refractivity contribution in [2.24, 2.45) is 5.92 Å². The standard InChI is InChI=1S/C24H43NO/c1-4-5-6-7-8-9-10-11-12-13-14-15-16-17-18-21-24(26)25-22-19-20-23(2)3/h8-9,16-18,21,23H,4-7,10-15,19-20,22H2,1-3H3,(H,25,26)/b9-8-,17-16+,21-18+. The van der Waals surface area contributed by atoms with Crippen molar-refractivity contribution in [3.05, 3.63) is 36.5 Å². The number of nitrogens with one attached hydrogen (secondary N) is 1. The van der Waals surface area contributed by atoms with Gasteiger partial charge in [-0.2, -0.15) is 0 Å². The number of amides is 1. The van der Waals surface area contributed by atoms with E-state index < -0.39 is 0 Å². The Bertz CT molecular complexity index is 393. The van der Waals surface area contributed by atoms with Crippen LogP contribution in [0.25, 0.3) is 0 Å². The van der Waals surface area contributed by atoms with Crippen molar-refractivity contribution < 1.29 is 4.79 Å². The Kier molecular flexibility index (Phi) is 19.0. The number of hydrogen-bond donors (Lipinski definition) is 1. The number of carbonyl (C=O) groups is 1. The Labute approximate surface area is 163 Å². The molecule has 0 aliphatic carbocycles. The molecule has 0 atom stereocenters. The lowest BCUT2D eigenvalue weighted by molar-refractivity contribution is -0.116. The van der Waals surface area contributed by atoms with Crippen LogP contribution in [0.1, 0.15) is 97.8 Å². The molecule has 0 aliphatic heterocycles. The van der Waals surface area contributed by atoms with Crippen LogP contribution in [-0.2, 0) is 4.79 Å². The van der Waals surface area contributed by atoms with E-state index in [1.165, 1.54) is 64.2 Å². The molecule has 26 heavy (non-hydrogen) atoms. The van der Waals surface area contributed by atoms with Crippen molar-refractivity contribution in [3.63, 3.8) is 0 Å². The summed E-state index contributed by atoms with van der Waals surface area (Å²) in [6, 6.07) is 0. The molecule has 2 nitrogen and oxygen atoms in total. The maximum atomic E-state index is 11.6. The maximum absolute atomic E-state index is 11.6. The van der Waals surface area contributed by atoms with E-state index in [0.29, 0.717) is 5.92 Å². The molecular formula is C24H43NO. The van der Waals surface area contributed by atoms with Crippen LogP contribution >= 0.6 is 0 Å². The second-order valence-corrected chi connectivity index (χ2v) is 7.57. The monoisotopic (exact) mass is 361 g/mol. The molecule has 2 heteroatoms. The smallest absolute Gasteiger partial charge is 0.243 e. The normalized spacial score (nSPS) is 12.2. The van der Waals surface area contributed by atoms with Crippen molar-refractivity contribution in [1.29, 1.82) is 0 Å². The third-order valence-corrected chi connectivity index (χ3v) is 4.38. The van der Waals surface area contributed by atoms with Gasteiger partial charge in [0.1, 0.15) is 0 Å². The number of rotatable bonds is 17. The molecule has 1 N–H and O–H groups in total. The summed E-state index contributed by atoms with van der Waals surface area (Å²) in [5, 5.41) is 2.92. The Hall–Kier alpha value is -1.31. The van der Waals surface area contributed by atoms with Crippen LogP contribution in [0.5, 0.6) is 0 Å². The molecule has 0 aromatic heterocycles. The van der Waals surface area contributed by atoms with Gasteiger partial charge in [-0.3, -0.25) is 4.79 Å². The molecule has 0 bridgehead atoms. The highest BCUT2D eigenvalue weighted by Gasteiger charge is 1.96. The SMILES string of the molecule is CCCCC/C=C\CCCCCC/C=C/C=C/C(=O)NCCCC(C)C. The summed E-state index contributed by atoms with van der Waals surface area (Å²) in [6.45, 7) is 7.44. The zero-order chi connectivity index (χ0) is 19.3. The predicted octanol–water partition coefficient (Wildman–Crippen LogP) is 7.13. The second kappa shape index (κ2) is 20.0. The molecular weight excluding hydrogens is 318 g/mol. The number of unbranched alkanes of at least 4 members (excludes halogenated alkanes) is 8. The van der Waals surface area contributed by atoms with E-state index >= 15 is 0 Å². The fourth-order valence-electron chi connectivity index (χ4n) is 2.72. The summed E-state index contributed by atoms with van der Waals surface area (Å²) in [6.07, 6.45) is 27.3. The molecule has 0 aliphatic rings. The number of hydrogen-bond acceptors (Lipinski definition) is 1. The fraction of sp³-hybridized carbons (Fsp3) is 0.708. The van der Waals surface area contributed by atoms with Gasteiger partial charge >= 0.3 is 0 Å². The first-order valence-electron chi connectivity index (χ1n) is 10.9. The predicted molar refractivity (Wildman–Crippen MR) is 116 cm³/mol. The second-order valence-electron chi connectivity index (χ2n) is 7.57. The van der Waals surface area contributed by atoms with Crippen LogP contribution in [0.4, 0.5) is 0 Å².